The summed E-state index contributed by atoms with van der Waals surface area (Å²) in [6.45, 7) is 8.42. The molecule has 0 bridgehead atoms. The van der Waals surface area contributed by atoms with Crippen LogP contribution in [0, 0.1) is 0 Å². The van der Waals surface area contributed by atoms with Gasteiger partial charge in [-0.25, -0.2) is 9.59 Å². The highest BCUT2D eigenvalue weighted by Gasteiger charge is 2.27. The number of ether oxygens (including phenoxy) is 2. The van der Waals surface area contributed by atoms with Crippen molar-refractivity contribution < 1.29 is 29.1 Å². The zero-order valence-electron chi connectivity index (χ0n) is 11.6. The first-order chi connectivity index (χ1) is 8.56. The first-order valence-corrected chi connectivity index (χ1v) is 5.68. The molecule has 0 rings (SSSR count). The molecule has 0 aliphatic heterocycles. The molecule has 1 amide bonds. The van der Waals surface area contributed by atoms with Gasteiger partial charge in [0.25, 0.3) is 0 Å². The Hall–Kier alpha value is -1.54. The molecule has 8 heteroatoms. The molecule has 0 saturated heterocycles. The fourth-order valence-corrected chi connectivity index (χ4v) is 1.15. The first-order valence-electron chi connectivity index (χ1n) is 5.68. The van der Waals surface area contributed by atoms with E-state index in [1.54, 1.807) is 20.8 Å². The average molecular weight is 273 g/mol. The number of carbonyl (C=O) groups excluding carboxylic acids is 2. The Morgan fingerprint density at radius 3 is 2.26 bits per heavy atom. The molecule has 0 saturated carbocycles. The molecular formula is C11H20BNO6. The third kappa shape index (κ3) is 7.48. The summed E-state index contributed by atoms with van der Waals surface area (Å²) in [5.74, 6) is -0.729. The van der Waals surface area contributed by atoms with Gasteiger partial charge in [0, 0.05) is 0 Å². The van der Waals surface area contributed by atoms with Crippen LogP contribution in [-0.2, 0) is 14.3 Å². The molecule has 108 valence electrons. The maximum Gasteiger partial charge on any atom is 0.483 e. The van der Waals surface area contributed by atoms with Gasteiger partial charge >= 0.3 is 19.2 Å². The Kier molecular flexibility index (Phi) is 6.57. The molecule has 19 heavy (non-hydrogen) atoms. The van der Waals surface area contributed by atoms with Crippen LogP contribution in [0.25, 0.3) is 0 Å². The largest absolute Gasteiger partial charge is 0.483 e. The van der Waals surface area contributed by atoms with Crippen molar-refractivity contribution in [2.24, 2.45) is 0 Å². The zero-order chi connectivity index (χ0) is 15.2. The molecule has 1 unspecified atom stereocenters. The minimum atomic E-state index is -1.77. The van der Waals surface area contributed by atoms with Gasteiger partial charge in [0.2, 0.25) is 0 Å². The summed E-state index contributed by atoms with van der Waals surface area (Å²) in [5.41, 5.74) is -0.732. The monoisotopic (exact) mass is 273 g/mol. The molecule has 1 atom stereocenters. The number of amides is 1. The standard InChI is InChI=1S/C11H20BNO6/c1-7(12(16)17)6-8(9(14)18-5)13-10(15)19-11(2,3)4/h8,16-17H,1,6H2,2-5H3,(H,13,15). The third-order valence-corrected chi connectivity index (χ3v) is 2.01. The van der Waals surface area contributed by atoms with Gasteiger partial charge in [-0.3, -0.25) is 0 Å². The van der Waals surface area contributed by atoms with Crippen LogP contribution in [0.15, 0.2) is 12.1 Å². The van der Waals surface area contributed by atoms with E-state index in [0.29, 0.717) is 0 Å². The zero-order valence-corrected chi connectivity index (χ0v) is 11.6. The number of methoxy groups -OCH3 is 1. The first kappa shape index (κ1) is 17.5. The smallest absolute Gasteiger partial charge is 0.467 e. The summed E-state index contributed by atoms with van der Waals surface area (Å²) in [7, 11) is -0.614. The Morgan fingerprint density at radius 1 is 1.37 bits per heavy atom. The van der Waals surface area contributed by atoms with Crippen molar-refractivity contribution in [1.29, 1.82) is 0 Å². The van der Waals surface area contributed by atoms with Crippen molar-refractivity contribution in [2.75, 3.05) is 7.11 Å². The lowest BCUT2D eigenvalue weighted by Crippen LogP contribution is -2.45. The van der Waals surface area contributed by atoms with E-state index < -0.39 is 30.8 Å². The van der Waals surface area contributed by atoms with Crippen molar-refractivity contribution in [3.8, 4) is 0 Å². The quantitative estimate of drug-likeness (QED) is 0.481. The van der Waals surface area contributed by atoms with Crippen LogP contribution in [0.2, 0.25) is 0 Å². The fourth-order valence-electron chi connectivity index (χ4n) is 1.15. The number of alkyl carbamates (subject to hydrolysis) is 1. The summed E-state index contributed by atoms with van der Waals surface area (Å²) >= 11 is 0. The van der Waals surface area contributed by atoms with Crippen molar-refractivity contribution in [2.45, 2.75) is 38.8 Å². The highest BCUT2D eigenvalue weighted by atomic mass is 16.6. The summed E-state index contributed by atoms with van der Waals surface area (Å²) < 4.78 is 9.50. The van der Waals surface area contributed by atoms with Gasteiger partial charge in [0.15, 0.2) is 0 Å². The van der Waals surface area contributed by atoms with E-state index in [1.807, 2.05) is 0 Å². The molecular weight excluding hydrogens is 253 g/mol. The van der Waals surface area contributed by atoms with Crippen LogP contribution in [0.3, 0.4) is 0 Å². The number of rotatable bonds is 5. The van der Waals surface area contributed by atoms with Gasteiger partial charge in [-0.15, -0.1) is 6.58 Å². The Balaban J connectivity index is 4.65. The molecule has 0 aromatic heterocycles. The van der Waals surface area contributed by atoms with Gasteiger partial charge in [-0.1, -0.05) is 0 Å². The number of hydrogen-bond acceptors (Lipinski definition) is 6. The van der Waals surface area contributed by atoms with Crippen LogP contribution < -0.4 is 5.32 Å². The van der Waals surface area contributed by atoms with Crippen LogP contribution in [0.5, 0.6) is 0 Å². The van der Waals surface area contributed by atoms with E-state index in [9.17, 15) is 9.59 Å². The molecule has 3 N–H and O–H groups in total. The molecule has 0 aliphatic rings. The van der Waals surface area contributed by atoms with Gasteiger partial charge in [-0.05, 0) is 32.7 Å². The molecule has 0 fully saturated rings. The highest BCUT2D eigenvalue weighted by Crippen LogP contribution is 2.10. The number of carbonyl (C=O) groups is 2. The summed E-state index contributed by atoms with van der Waals surface area (Å²) in [5, 5.41) is 20.1. The molecule has 0 heterocycles. The third-order valence-electron chi connectivity index (χ3n) is 2.01. The lowest BCUT2D eigenvalue weighted by molar-refractivity contribution is -0.143. The Morgan fingerprint density at radius 2 is 1.89 bits per heavy atom. The van der Waals surface area contributed by atoms with Crippen molar-refractivity contribution >= 4 is 19.2 Å². The van der Waals surface area contributed by atoms with Crippen LogP contribution in [-0.4, -0.2) is 48.0 Å². The summed E-state index contributed by atoms with van der Waals surface area (Å²) in [4.78, 5) is 23.0. The molecule has 0 aromatic rings. The van der Waals surface area contributed by atoms with Gasteiger partial charge < -0.3 is 24.8 Å². The fraction of sp³-hybridized carbons (Fsp3) is 0.636. The Bertz CT molecular complexity index is 350. The van der Waals surface area contributed by atoms with Gasteiger partial charge in [0.05, 0.1) is 7.11 Å². The predicted octanol–water partition coefficient (Wildman–Crippen LogP) is 0.0110. The van der Waals surface area contributed by atoms with E-state index in [2.05, 4.69) is 16.6 Å². The Labute approximate surface area is 112 Å². The minimum Gasteiger partial charge on any atom is -0.467 e. The molecule has 0 spiro atoms. The highest BCUT2D eigenvalue weighted by molar-refractivity contribution is 6.50. The van der Waals surface area contributed by atoms with Crippen molar-refractivity contribution in [1.82, 2.24) is 5.32 Å². The van der Waals surface area contributed by atoms with Gasteiger partial charge in [0.1, 0.15) is 11.6 Å². The number of hydrogen-bond donors (Lipinski definition) is 3. The minimum absolute atomic E-state index is 0.0218. The topological polar surface area (TPSA) is 105 Å². The molecule has 0 radical (unpaired) electrons. The van der Waals surface area contributed by atoms with E-state index in [1.165, 1.54) is 0 Å². The maximum absolute atomic E-state index is 11.5. The van der Waals surface area contributed by atoms with E-state index in [0.717, 1.165) is 7.11 Å². The average Bonchev–Trinajstić information content (AvgIpc) is 2.24. The maximum atomic E-state index is 11.5. The second-order valence-corrected chi connectivity index (χ2v) is 4.96. The normalized spacial score (nSPS) is 12.3. The molecule has 7 nitrogen and oxygen atoms in total. The number of nitrogens with one attached hydrogen (secondary N) is 1. The van der Waals surface area contributed by atoms with E-state index in [4.69, 9.17) is 14.8 Å². The van der Waals surface area contributed by atoms with E-state index >= 15 is 0 Å². The number of esters is 1. The van der Waals surface area contributed by atoms with Crippen molar-refractivity contribution in [3.63, 3.8) is 0 Å². The lowest BCUT2D eigenvalue weighted by atomic mass is 9.77. The van der Waals surface area contributed by atoms with Crippen LogP contribution in [0.1, 0.15) is 27.2 Å². The molecule has 0 aromatic carbocycles. The summed E-state index contributed by atoms with van der Waals surface area (Å²) in [6, 6.07) is -1.09. The van der Waals surface area contributed by atoms with Gasteiger partial charge in [-0.2, -0.15) is 0 Å². The predicted molar refractivity (Wildman–Crippen MR) is 69.1 cm³/mol. The second kappa shape index (κ2) is 7.15. The van der Waals surface area contributed by atoms with Crippen LogP contribution in [0.4, 0.5) is 4.79 Å². The molecule has 0 aliphatic carbocycles. The summed E-state index contributed by atoms with van der Waals surface area (Å²) in [6.07, 6.45) is -0.966. The van der Waals surface area contributed by atoms with E-state index in [-0.39, 0.29) is 11.9 Å². The lowest BCUT2D eigenvalue weighted by Gasteiger charge is -2.23. The van der Waals surface area contributed by atoms with Crippen molar-refractivity contribution in [3.05, 3.63) is 12.1 Å². The SMILES string of the molecule is C=C(CC(NC(=O)OC(C)(C)C)C(=O)OC)B(O)O. The van der Waals surface area contributed by atoms with Crippen LogP contribution >= 0.6 is 0 Å². The second-order valence-electron chi connectivity index (χ2n) is 4.96.